The van der Waals surface area contributed by atoms with Crippen LogP contribution in [0.2, 0.25) is 0 Å². The summed E-state index contributed by atoms with van der Waals surface area (Å²) in [6, 6.07) is -0.497. The molecule has 7 nitrogen and oxygen atoms in total. The SMILES string of the molecule is CNC1C(=O)N(Cc2cnco2)CCc2ncoc21. The van der Waals surface area contributed by atoms with Gasteiger partial charge in [-0.25, -0.2) is 9.97 Å². The minimum Gasteiger partial charge on any atom is -0.447 e. The first-order valence-electron chi connectivity index (χ1n) is 6.05. The normalized spacial score (nSPS) is 19.3. The molecule has 0 radical (unpaired) electrons. The molecule has 0 saturated heterocycles. The molecule has 0 saturated carbocycles. The zero-order chi connectivity index (χ0) is 13.2. The van der Waals surface area contributed by atoms with Gasteiger partial charge in [-0.1, -0.05) is 0 Å². The standard InChI is InChI=1S/C12H14N4O3/c1-13-10-11-9(15-7-19-11)2-3-16(12(10)17)5-8-4-14-6-18-8/h4,6-7,10,13H,2-3,5H2,1H3. The average Bonchev–Trinajstić information content (AvgIpc) is 3.04. The lowest BCUT2D eigenvalue weighted by Crippen LogP contribution is -2.38. The first kappa shape index (κ1) is 11.9. The van der Waals surface area contributed by atoms with Crippen molar-refractivity contribution in [3.05, 3.63) is 36.2 Å². The Hall–Kier alpha value is -2.15. The number of amides is 1. The predicted octanol–water partition coefficient (Wildman–Crippen LogP) is 0.508. The third-order valence-electron chi connectivity index (χ3n) is 3.23. The van der Waals surface area contributed by atoms with Crippen molar-refractivity contribution >= 4 is 5.91 Å². The average molecular weight is 262 g/mol. The van der Waals surface area contributed by atoms with Crippen LogP contribution in [0.25, 0.3) is 0 Å². The topological polar surface area (TPSA) is 84.4 Å². The fourth-order valence-electron chi connectivity index (χ4n) is 2.27. The number of nitrogens with zero attached hydrogens (tertiary/aromatic N) is 3. The second-order valence-electron chi connectivity index (χ2n) is 4.36. The molecule has 1 N–H and O–H groups in total. The van der Waals surface area contributed by atoms with Crippen molar-refractivity contribution in [1.82, 2.24) is 20.2 Å². The molecule has 1 aliphatic rings. The van der Waals surface area contributed by atoms with Gasteiger partial charge in [0.05, 0.1) is 18.4 Å². The Kier molecular flexibility index (Phi) is 3.04. The van der Waals surface area contributed by atoms with Gasteiger partial charge in [-0.05, 0) is 7.05 Å². The van der Waals surface area contributed by atoms with Gasteiger partial charge < -0.3 is 19.1 Å². The zero-order valence-corrected chi connectivity index (χ0v) is 10.5. The van der Waals surface area contributed by atoms with E-state index in [0.29, 0.717) is 31.0 Å². The molecule has 0 fully saturated rings. The van der Waals surface area contributed by atoms with Crippen molar-refractivity contribution in [1.29, 1.82) is 0 Å². The lowest BCUT2D eigenvalue weighted by atomic mass is 10.1. The number of hydrogen-bond donors (Lipinski definition) is 1. The third kappa shape index (κ3) is 2.12. The zero-order valence-electron chi connectivity index (χ0n) is 10.5. The molecule has 0 bridgehead atoms. The Morgan fingerprint density at radius 2 is 2.37 bits per heavy atom. The largest absolute Gasteiger partial charge is 0.447 e. The molecular formula is C12H14N4O3. The summed E-state index contributed by atoms with van der Waals surface area (Å²) in [5.74, 6) is 1.22. The monoisotopic (exact) mass is 262 g/mol. The highest BCUT2D eigenvalue weighted by atomic mass is 16.3. The van der Waals surface area contributed by atoms with E-state index in [1.165, 1.54) is 12.8 Å². The molecule has 0 aliphatic carbocycles. The molecule has 3 heterocycles. The van der Waals surface area contributed by atoms with E-state index in [2.05, 4.69) is 15.3 Å². The van der Waals surface area contributed by atoms with E-state index in [-0.39, 0.29) is 5.91 Å². The van der Waals surface area contributed by atoms with Gasteiger partial charge in [0.15, 0.2) is 18.5 Å². The highest BCUT2D eigenvalue weighted by molar-refractivity contribution is 5.83. The molecule has 100 valence electrons. The Morgan fingerprint density at radius 3 is 3.11 bits per heavy atom. The highest BCUT2D eigenvalue weighted by Crippen LogP contribution is 2.24. The molecule has 2 aromatic heterocycles. The van der Waals surface area contributed by atoms with Crippen molar-refractivity contribution in [3.63, 3.8) is 0 Å². The van der Waals surface area contributed by atoms with Gasteiger partial charge in [0.1, 0.15) is 11.8 Å². The third-order valence-corrected chi connectivity index (χ3v) is 3.23. The van der Waals surface area contributed by atoms with Crippen LogP contribution >= 0.6 is 0 Å². The van der Waals surface area contributed by atoms with Gasteiger partial charge in [-0.3, -0.25) is 4.79 Å². The van der Waals surface area contributed by atoms with Crippen LogP contribution in [0.15, 0.2) is 27.8 Å². The van der Waals surface area contributed by atoms with Gasteiger partial charge in [0, 0.05) is 13.0 Å². The number of hydrogen-bond acceptors (Lipinski definition) is 6. The minimum atomic E-state index is -0.497. The highest BCUT2D eigenvalue weighted by Gasteiger charge is 2.33. The molecule has 7 heteroatoms. The lowest BCUT2D eigenvalue weighted by molar-refractivity contribution is -0.134. The molecule has 19 heavy (non-hydrogen) atoms. The Morgan fingerprint density at radius 1 is 1.47 bits per heavy atom. The fourth-order valence-corrected chi connectivity index (χ4v) is 2.27. The fraction of sp³-hybridized carbons (Fsp3) is 0.417. The summed E-state index contributed by atoms with van der Waals surface area (Å²) in [6.45, 7) is 0.985. The molecule has 3 rings (SSSR count). The van der Waals surface area contributed by atoms with Crippen LogP contribution < -0.4 is 5.32 Å². The van der Waals surface area contributed by atoms with Crippen LogP contribution in [0.1, 0.15) is 23.3 Å². The maximum atomic E-state index is 12.5. The molecule has 1 aliphatic heterocycles. The van der Waals surface area contributed by atoms with Gasteiger partial charge in [0.25, 0.3) is 0 Å². The number of fused-ring (bicyclic) bond motifs is 1. The van der Waals surface area contributed by atoms with Gasteiger partial charge >= 0.3 is 0 Å². The van der Waals surface area contributed by atoms with E-state index in [9.17, 15) is 4.79 Å². The Labute approximate surface area is 109 Å². The summed E-state index contributed by atoms with van der Waals surface area (Å²) >= 11 is 0. The van der Waals surface area contributed by atoms with Crippen LogP contribution in [0.4, 0.5) is 0 Å². The van der Waals surface area contributed by atoms with E-state index >= 15 is 0 Å². The van der Waals surface area contributed by atoms with Crippen LogP contribution in [-0.4, -0.2) is 34.4 Å². The summed E-state index contributed by atoms with van der Waals surface area (Å²) in [4.78, 5) is 22.2. The lowest BCUT2D eigenvalue weighted by Gasteiger charge is -2.22. The van der Waals surface area contributed by atoms with Crippen LogP contribution in [0.5, 0.6) is 0 Å². The second kappa shape index (κ2) is 4.85. The molecular weight excluding hydrogens is 248 g/mol. The van der Waals surface area contributed by atoms with Crippen molar-refractivity contribution < 1.29 is 13.6 Å². The Balaban J connectivity index is 1.85. The van der Waals surface area contributed by atoms with Crippen LogP contribution in [0.3, 0.4) is 0 Å². The van der Waals surface area contributed by atoms with Crippen molar-refractivity contribution in [2.45, 2.75) is 19.0 Å². The number of nitrogens with one attached hydrogen (secondary N) is 1. The van der Waals surface area contributed by atoms with E-state index < -0.39 is 6.04 Å². The smallest absolute Gasteiger partial charge is 0.248 e. The van der Waals surface area contributed by atoms with Crippen molar-refractivity contribution in [2.75, 3.05) is 13.6 Å². The van der Waals surface area contributed by atoms with E-state index in [1.54, 1.807) is 18.1 Å². The number of carbonyl (C=O) groups is 1. The van der Waals surface area contributed by atoms with Gasteiger partial charge in [-0.15, -0.1) is 0 Å². The molecule has 1 unspecified atom stereocenters. The summed E-state index contributed by atoms with van der Waals surface area (Å²) in [5, 5.41) is 2.97. The maximum Gasteiger partial charge on any atom is 0.248 e. The van der Waals surface area contributed by atoms with Crippen LogP contribution in [0, 0.1) is 0 Å². The number of rotatable bonds is 3. The quantitative estimate of drug-likeness (QED) is 0.867. The predicted molar refractivity (Wildman–Crippen MR) is 63.9 cm³/mol. The summed E-state index contributed by atoms with van der Waals surface area (Å²) in [6.07, 6.45) is 5.03. The molecule has 0 aromatic carbocycles. The van der Waals surface area contributed by atoms with Gasteiger partial charge in [0.2, 0.25) is 5.91 Å². The first-order chi connectivity index (χ1) is 9.29. The van der Waals surface area contributed by atoms with E-state index in [1.807, 2.05) is 0 Å². The molecule has 1 amide bonds. The summed E-state index contributed by atoms with van der Waals surface area (Å²) in [5.41, 5.74) is 0.827. The minimum absolute atomic E-state index is 0.0469. The van der Waals surface area contributed by atoms with E-state index in [0.717, 1.165) is 5.69 Å². The molecule has 2 aromatic rings. The number of carbonyl (C=O) groups excluding carboxylic acids is 1. The first-order valence-corrected chi connectivity index (χ1v) is 6.05. The Bertz CT molecular complexity index is 563. The van der Waals surface area contributed by atoms with E-state index in [4.69, 9.17) is 8.83 Å². The van der Waals surface area contributed by atoms with Crippen molar-refractivity contribution in [3.8, 4) is 0 Å². The summed E-state index contributed by atoms with van der Waals surface area (Å²) < 4.78 is 10.5. The number of likely N-dealkylation sites (N-methyl/N-ethyl adjacent to an activating group) is 1. The summed E-state index contributed by atoms with van der Waals surface area (Å²) in [7, 11) is 1.73. The maximum absolute atomic E-state index is 12.5. The van der Waals surface area contributed by atoms with Gasteiger partial charge in [-0.2, -0.15) is 0 Å². The molecule has 1 atom stereocenters. The second-order valence-corrected chi connectivity index (χ2v) is 4.36. The van der Waals surface area contributed by atoms with Crippen molar-refractivity contribution in [2.24, 2.45) is 0 Å². The number of oxazole rings is 2. The number of aromatic nitrogens is 2. The van der Waals surface area contributed by atoms with Crippen LogP contribution in [-0.2, 0) is 17.8 Å². The molecule has 0 spiro atoms.